The first-order valence-corrected chi connectivity index (χ1v) is 6.84. The smallest absolute Gasteiger partial charge is 0.221 e. The zero-order valence-corrected chi connectivity index (χ0v) is 11.8. The van der Waals surface area contributed by atoms with Crippen LogP contribution in [0.15, 0.2) is 65.3 Å². The van der Waals surface area contributed by atoms with Crippen LogP contribution in [-0.2, 0) is 6.61 Å². The summed E-state index contributed by atoms with van der Waals surface area (Å²) in [6, 6.07) is 18.2. The molecular weight excluding hydrogens is 302 g/mol. The number of rotatable bonds is 3. The number of hydrogen-bond acceptors (Lipinski definition) is 2. The van der Waals surface area contributed by atoms with Gasteiger partial charge in [-0.2, -0.15) is 0 Å². The highest BCUT2D eigenvalue weighted by atomic mass is 79.9. The summed E-state index contributed by atoms with van der Waals surface area (Å²) in [6.45, 7) is 0.527. The topological polar surface area (TPSA) is 22.1 Å². The minimum atomic E-state index is 0.527. The lowest BCUT2D eigenvalue weighted by atomic mass is 10.2. The lowest BCUT2D eigenvalue weighted by molar-refractivity contribution is 0.298. The van der Waals surface area contributed by atoms with Gasteiger partial charge >= 0.3 is 0 Å². The summed E-state index contributed by atoms with van der Waals surface area (Å²) in [4.78, 5) is 4.35. The van der Waals surface area contributed by atoms with E-state index >= 15 is 0 Å². The Morgan fingerprint density at radius 3 is 2.37 bits per heavy atom. The fraction of sp³-hybridized carbons (Fsp3) is 0.0625. The van der Waals surface area contributed by atoms with E-state index in [-0.39, 0.29) is 0 Å². The summed E-state index contributed by atoms with van der Waals surface area (Å²) in [6.07, 6.45) is 1.78. The minimum Gasteiger partial charge on any atom is -0.472 e. The third kappa shape index (κ3) is 2.61. The SMILES string of the molecule is Brc1cnc(OCc2ccccc2)c2ccccc12. The van der Waals surface area contributed by atoms with Gasteiger partial charge in [0.25, 0.3) is 0 Å². The van der Waals surface area contributed by atoms with Gasteiger partial charge in [0.15, 0.2) is 0 Å². The average molecular weight is 314 g/mol. The lowest BCUT2D eigenvalue weighted by Crippen LogP contribution is -1.97. The fourth-order valence-electron chi connectivity index (χ4n) is 1.97. The molecule has 0 unspecified atom stereocenters. The highest BCUT2D eigenvalue weighted by Crippen LogP contribution is 2.29. The van der Waals surface area contributed by atoms with Crippen molar-refractivity contribution in [1.82, 2.24) is 4.98 Å². The van der Waals surface area contributed by atoms with Crippen LogP contribution in [0.1, 0.15) is 5.56 Å². The molecule has 3 heteroatoms. The van der Waals surface area contributed by atoms with Crippen LogP contribution in [0, 0.1) is 0 Å². The normalized spacial score (nSPS) is 10.6. The maximum Gasteiger partial charge on any atom is 0.221 e. The molecule has 0 spiro atoms. The van der Waals surface area contributed by atoms with Gasteiger partial charge in [0.1, 0.15) is 6.61 Å². The van der Waals surface area contributed by atoms with Crippen molar-refractivity contribution in [3.05, 3.63) is 70.8 Å². The second-order valence-electron chi connectivity index (χ2n) is 4.23. The lowest BCUT2D eigenvalue weighted by Gasteiger charge is -2.09. The molecule has 0 saturated heterocycles. The van der Waals surface area contributed by atoms with Crippen LogP contribution in [0.3, 0.4) is 0 Å². The number of nitrogens with zero attached hydrogens (tertiary/aromatic N) is 1. The molecule has 0 atom stereocenters. The average Bonchev–Trinajstić information content (AvgIpc) is 2.48. The Bertz CT molecular complexity index is 697. The first kappa shape index (κ1) is 12.2. The molecule has 3 aromatic rings. The van der Waals surface area contributed by atoms with Crippen molar-refractivity contribution in [2.24, 2.45) is 0 Å². The third-order valence-electron chi connectivity index (χ3n) is 2.93. The Kier molecular flexibility index (Phi) is 3.47. The second-order valence-corrected chi connectivity index (χ2v) is 5.09. The molecule has 94 valence electrons. The number of halogens is 1. The van der Waals surface area contributed by atoms with Gasteiger partial charge in [-0.3, -0.25) is 0 Å². The molecule has 0 radical (unpaired) electrons. The zero-order chi connectivity index (χ0) is 13.1. The van der Waals surface area contributed by atoms with Gasteiger partial charge in [-0.15, -0.1) is 0 Å². The van der Waals surface area contributed by atoms with Crippen LogP contribution in [0.25, 0.3) is 10.8 Å². The molecule has 2 aromatic carbocycles. The van der Waals surface area contributed by atoms with Crippen LogP contribution in [0.5, 0.6) is 5.88 Å². The van der Waals surface area contributed by atoms with Gasteiger partial charge in [-0.25, -0.2) is 4.98 Å². The first-order valence-electron chi connectivity index (χ1n) is 6.04. The molecule has 0 saturated carbocycles. The van der Waals surface area contributed by atoms with Crippen molar-refractivity contribution < 1.29 is 4.74 Å². The number of aromatic nitrogens is 1. The number of pyridine rings is 1. The summed E-state index contributed by atoms with van der Waals surface area (Å²) >= 11 is 3.51. The maximum atomic E-state index is 5.83. The molecule has 0 aliphatic rings. The van der Waals surface area contributed by atoms with Gasteiger partial charge in [-0.05, 0) is 27.6 Å². The van der Waals surface area contributed by atoms with Crippen molar-refractivity contribution in [3.8, 4) is 5.88 Å². The molecule has 19 heavy (non-hydrogen) atoms. The van der Waals surface area contributed by atoms with Gasteiger partial charge in [0.2, 0.25) is 5.88 Å². The monoisotopic (exact) mass is 313 g/mol. The van der Waals surface area contributed by atoms with Gasteiger partial charge in [-0.1, -0.05) is 48.5 Å². The summed E-state index contributed by atoms with van der Waals surface area (Å²) in [5.41, 5.74) is 1.14. The van der Waals surface area contributed by atoms with Gasteiger partial charge < -0.3 is 4.74 Å². The summed E-state index contributed by atoms with van der Waals surface area (Å²) in [7, 11) is 0. The van der Waals surface area contributed by atoms with Crippen LogP contribution >= 0.6 is 15.9 Å². The fourth-order valence-corrected chi connectivity index (χ4v) is 2.42. The largest absolute Gasteiger partial charge is 0.472 e. The Morgan fingerprint density at radius 1 is 0.895 bits per heavy atom. The van der Waals surface area contributed by atoms with E-state index in [1.54, 1.807) is 6.20 Å². The van der Waals surface area contributed by atoms with Crippen molar-refractivity contribution in [1.29, 1.82) is 0 Å². The maximum absolute atomic E-state index is 5.83. The Labute approximate surface area is 120 Å². The summed E-state index contributed by atoms with van der Waals surface area (Å²) < 4.78 is 6.81. The van der Waals surface area contributed by atoms with Crippen molar-refractivity contribution in [2.75, 3.05) is 0 Å². The van der Waals surface area contributed by atoms with E-state index < -0.39 is 0 Å². The standard InChI is InChI=1S/C16H12BrNO/c17-15-10-18-16(14-9-5-4-8-13(14)15)19-11-12-6-2-1-3-7-12/h1-10H,11H2. The van der Waals surface area contributed by atoms with Crippen molar-refractivity contribution >= 4 is 26.7 Å². The number of benzene rings is 2. The van der Waals surface area contributed by atoms with Crippen molar-refractivity contribution in [3.63, 3.8) is 0 Å². The summed E-state index contributed by atoms with van der Waals surface area (Å²) in [5.74, 6) is 0.669. The first-order chi connectivity index (χ1) is 9.34. The Hall–Kier alpha value is -1.87. The summed E-state index contributed by atoms with van der Waals surface area (Å²) in [5, 5.41) is 2.13. The van der Waals surface area contributed by atoms with Gasteiger partial charge in [0.05, 0.1) is 0 Å². The van der Waals surface area contributed by atoms with Crippen LogP contribution in [0.4, 0.5) is 0 Å². The molecule has 0 fully saturated rings. The van der Waals surface area contributed by atoms with E-state index in [1.807, 2.05) is 48.5 Å². The van der Waals surface area contributed by atoms with E-state index in [1.165, 1.54) is 0 Å². The minimum absolute atomic E-state index is 0.527. The third-order valence-corrected chi connectivity index (χ3v) is 3.56. The number of ether oxygens (including phenoxy) is 1. The molecule has 1 aromatic heterocycles. The molecule has 0 N–H and O–H groups in total. The highest BCUT2D eigenvalue weighted by Gasteiger charge is 2.06. The number of fused-ring (bicyclic) bond motifs is 1. The van der Waals surface area contributed by atoms with Crippen molar-refractivity contribution in [2.45, 2.75) is 6.61 Å². The molecule has 0 aliphatic heterocycles. The van der Waals surface area contributed by atoms with E-state index in [2.05, 4.69) is 27.0 Å². The Balaban J connectivity index is 1.91. The molecule has 2 nitrogen and oxygen atoms in total. The van der Waals surface area contributed by atoms with E-state index in [0.717, 1.165) is 20.8 Å². The molecule has 0 bridgehead atoms. The zero-order valence-electron chi connectivity index (χ0n) is 10.2. The quantitative estimate of drug-likeness (QED) is 0.706. The van der Waals surface area contributed by atoms with E-state index in [0.29, 0.717) is 12.5 Å². The van der Waals surface area contributed by atoms with Gasteiger partial charge in [0, 0.05) is 21.4 Å². The predicted octanol–water partition coefficient (Wildman–Crippen LogP) is 4.58. The van der Waals surface area contributed by atoms with E-state index in [9.17, 15) is 0 Å². The molecule has 0 aliphatic carbocycles. The molecule has 3 rings (SSSR count). The second kappa shape index (κ2) is 5.41. The highest BCUT2D eigenvalue weighted by molar-refractivity contribution is 9.10. The molecule has 1 heterocycles. The van der Waals surface area contributed by atoms with E-state index in [4.69, 9.17) is 4.74 Å². The van der Waals surface area contributed by atoms with Crippen LogP contribution in [-0.4, -0.2) is 4.98 Å². The predicted molar refractivity (Wildman–Crippen MR) is 80.2 cm³/mol. The number of hydrogen-bond donors (Lipinski definition) is 0. The van der Waals surface area contributed by atoms with Crippen LogP contribution < -0.4 is 4.74 Å². The molecular formula is C16H12BrNO. The Morgan fingerprint density at radius 2 is 1.58 bits per heavy atom. The molecule has 0 amide bonds. The van der Waals surface area contributed by atoms with Crippen LogP contribution in [0.2, 0.25) is 0 Å².